The fraction of sp³-hybridized carbons (Fsp3) is 0.444. The topological polar surface area (TPSA) is 53.4 Å². The van der Waals surface area contributed by atoms with Crippen LogP contribution in [-0.4, -0.2) is 33.5 Å². The summed E-state index contributed by atoms with van der Waals surface area (Å²) in [6.07, 6.45) is 2.71. The molecular weight excluding hydrogens is 327 g/mol. The SMILES string of the molecule is CC(C)c1ncc(C(=O)N(CC(O)c2ccc(F)cc2)C2CC2)s1. The Morgan fingerprint density at radius 1 is 1.38 bits per heavy atom. The van der Waals surface area contributed by atoms with Crippen molar-refractivity contribution in [1.29, 1.82) is 0 Å². The summed E-state index contributed by atoms with van der Waals surface area (Å²) in [4.78, 5) is 19.5. The van der Waals surface area contributed by atoms with E-state index in [0.29, 0.717) is 10.4 Å². The predicted molar refractivity (Wildman–Crippen MR) is 91.6 cm³/mol. The van der Waals surface area contributed by atoms with Gasteiger partial charge in [0, 0.05) is 12.0 Å². The average molecular weight is 348 g/mol. The molecule has 24 heavy (non-hydrogen) atoms. The third kappa shape index (κ3) is 3.82. The third-order valence-corrected chi connectivity index (χ3v) is 5.39. The van der Waals surface area contributed by atoms with Gasteiger partial charge in [-0.05, 0) is 30.5 Å². The van der Waals surface area contributed by atoms with Crippen molar-refractivity contribution in [2.24, 2.45) is 0 Å². The second-order valence-corrected chi connectivity index (χ2v) is 7.54. The first-order valence-corrected chi connectivity index (χ1v) is 8.97. The zero-order valence-corrected chi connectivity index (χ0v) is 14.6. The van der Waals surface area contributed by atoms with E-state index in [9.17, 15) is 14.3 Å². The molecule has 1 atom stereocenters. The predicted octanol–water partition coefficient (Wildman–Crippen LogP) is 3.74. The van der Waals surface area contributed by atoms with Crippen LogP contribution < -0.4 is 0 Å². The van der Waals surface area contributed by atoms with Gasteiger partial charge in [-0.3, -0.25) is 4.79 Å². The number of hydrogen-bond acceptors (Lipinski definition) is 4. The Morgan fingerprint density at radius 3 is 2.58 bits per heavy atom. The summed E-state index contributed by atoms with van der Waals surface area (Å²) in [5.41, 5.74) is 0.613. The van der Waals surface area contributed by atoms with Crippen molar-refractivity contribution >= 4 is 17.2 Å². The van der Waals surface area contributed by atoms with Gasteiger partial charge in [-0.2, -0.15) is 0 Å². The summed E-state index contributed by atoms with van der Waals surface area (Å²) in [6.45, 7) is 4.30. The summed E-state index contributed by atoms with van der Waals surface area (Å²) in [7, 11) is 0. The highest BCUT2D eigenvalue weighted by molar-refractivity contribution is 7.13. The molecule has 1 aliphatic carbocycles. The lowest BCUT2D eigenvalue weighted by molar-refractivity contribution is 0.0607. The minimum atomic E-state index is -0.826. The van der Waals surface area contributed by atoms with Crippen LogP contribution in [0.15, 0.2) is 30.5 Å². The number of nitrogens with zero attached hydrogens (tertiary/aromatic N) is 2. The van der Waals surface area contributed by atoms with Crippen LogP contribution in [-0.2, 0) is 0 Å². The van der Waals surface area contributed by atoms with Gasteiger partial charge in [-0.25, -0.2) is 9.37 Å². The Morgan fingerprint density at radius 2 is 2.04 bits per heavy atom. The molecule has 0 radical (unpaired) electrons. The quantitative estimate of drug-likeness (QED) is 0.865. The fourth-order valence-electron chi connectivity index (χ4n) is 2.56. The highest BCUT2D eigenvalue weighted by Crippen LogP contribution is 2.32. The summed E-state index contributed by atoms with van der Waals surface area (Å²) >= 11 is 1.41. The van der Waals surface area contributed by atoms with Crippen molar-refractivity contribution in [2.45, 2.75) is 44.8 Å². The van der Waals surface area contributed by atoms with Gasteiger partial charge in [0.05, 0.1) is 23.9 Å². The van der Waals surface area contributed by atoms with E-state index in [4.69, 9.17) is 0 Å². The Bertz CT molecular complexity index is 710. The third-order valence-electron chi connectivity index (χ3n) is 4.10. The van der Waals surface area contributed by atoms with Crippen LogP contribution in [0.5, 0.6) is 0 Å². The number of amides is 1. The van der Waals surface area contributed by atoms with Crippen LogP contribution in [0.25, 0.3) is 0 Å². The molecule has 4 nitrogen and oxygen atoms in total. The van der Waals surface area contributed by atoms with Gasteiger partial charge in [0.1, 0.15) is 10.7 Å². The molecule has 1 aromatic heterocycles. The van der Waals surface area contributed by atoms with Crippen LogP contribution in [0.4, 0.5) is 4.39 Å². The van der Waals surface area contributed by atoms with Crippen molar-refractivity contribution in [3.8, 4) is 0 Å². The molecule has 1 aliphatic rings. The molecule has 1 saturated carbocycles. The highest BCUT2D eigenvalue weighted by atomic mass is 32.1. The van der Waals surface area contributed by atoms with Crippen molar-refractivity contribution in [3.05, 3.63) is 51.7 Å². The highest BCUT2D eigenvalue weighted by Gasteiger charge is 2.35. The standard InChI is InChI=1S/C18H21FN2O2S/c1-11(2)17-20-9-16(24-17)18(23)21(14-7-8-14)10-15(22)12-3-5-13(19)6-4-12/h3-6,9,11,14-15,22H,7-8,10H2,1-2H3. The van der Waals surface area contributed by atoms with Crippen LogP contribution in [0.2, 0.25) is 0 Å². The van der Waals surface area contributed by atoms with Gasteiger partial charge in [0.15, 0.2) is 0 Å². The normalized spacial score (nSPS) is 15.5. The number of carbonyl (C=O) groups is 1. The number of benzene rings is 1. The summed E-state index contributed by atoms with van der Waals surface area (Å²) in [5.74, 6) is -0.134. The van der Waals surface area contributed by atoms with Crippen LogP contribution in [0.1, 0.15) is 59.0 Å². The monoisotopic (exact) mass is 348 g/mol. The second kappa shape index (κ2) is 6.99. The van der Waals surface area contributed by atoms with Gasteiger partial charge in [-0.15, -0.1) is 11.3 Å². The molecule has 6 heteroatoms. The van der Waals surface area contributed by atoms with E-state index in [1.165, 1.54) is 23.5 Å². The second-order valence-electron chi connectivity index (χ2n) is 6.47. The number of aliphatic hydroxyl groups is 1. The molecule has 1 N–H and O–H groups in total. The summed E-state index contributed by atoms with van der Waals surface area (Å²) in [5, 5.41) is 11.4. The first-order valence-electron chi connectivity index (χ1n) is 8.16. The van der Waals surface area contributed by atoms with Crippen molar-refractivity contribution in [2.75, 3.05) is 6.54 Å². The molecule has 0 bridgehead atoms. The Labute approximate surface area is 145 Å². The van der Waals surface area contributed by atoms with E-state index >= 15 is 0 Å². The van der Waals surface area contributed by atoms with Gasteiger partial charge in [-0.1, -0.05) is 26.0 Å². The molecule has 2 aromatic rings. The number of aliphatic hydroxyl groups excluding tert-OH is 1. The maximum Gasteiger partial charge on any atom is 0.265 e. The fourth-order valence-corrected chi connectivity index (χ4v) is 3.43. The van der Waals surface area contributed by atoms with E-state index in [-0.39, 0.29) is 30.2 Å². The Hall–Kier alpha value is -1.79. The van der Waals surface area contributed by atoms with Gasteiger partial charge in [0.25, 0.3) is 5.91 Å². The molecule has 1 unspecified atom stereocenters. The molecule has 1 heterocycles. The summed E-state index contributed by atoms with van der Waals surface area (Å²) < 4.78 is 13.0. The van der Waals surface area contributed by atoms with Crippen LogP contribution in [0.3, 0.4) is 0 Å². The Balaban J connectivity index is 1.74. The number of aromatic nitrogens is 1. The maximum absolute atomic E-state index is 13.0. The number of thiazole rings is 1. The molecule has 1 fully saturated rings. The molecule has 1 amide bonds. The molecule has 0 aliphatic heterocycles. The number of hydrogen-bond donors (Lipinski definition) is 1. The van der Waals surface area contributed by atoms with Crippen molar-refractivity contribution in [3.63, 3.8) is 0 Å². The summed E-state index contributed by atoms with van der Waals surface area (Å²) in [6, 6.07) is 5.93. The maximum atomic E-state index is 13.0. The first kappa shape index (κ1) is 17.0. The lowest BCUT2D eigenvalue weighted by atomic mass is 10.1. The Kier molecular flexibility index (Phi) is 4.96. The zero-order chi connectivity index (χ0) is 17.3. The molecule has 128 valence electrons. The lowest BCUT2D eigenvalue weighted by Crippen LogP contribution is -2.36. The van der Waals surface area contributed by atoms with Crippen molar-refractivity contribution in [1.82, 2.24) is 9.88 Å². The number of halogens is 1. The molecule has 0 saturated heterocycles. The minimum absolute atomic E-state index is 0.0805. The van der Waals surface area contributed by atoms with Gasteiger partial charge in [0.2, 0.25) is 0 Å². The van der Waals surface area contributed by atoms with Crippen molar-refractivity contribution < 1.29 is 14.3 Å². The number of carbonyl (C=O) groups excluding carboxylic acids is 1. The van der Waals surface area contributed by atoms with Crippen LogP contribution in [0, 0.1) is 5.82 Å². The van der Waals surface area contributed by atoms with Crippen LogP contribution >= 0.6 is 11.3 Å². The van der Waals surface area contributed by atoms with Gasteiger partial charge < -0.3 is 10.0 Å². The largest absolute Gasteiger partial charge is 0.387 e. The first-order chi connectivity index (χ1) is 11.5. The minimum Gasteiger partial charge on any atom is -0.387 e. The molecule has 0 spiro atoms. The average Bonchev–Trinajstić information content (AvgIpc) is 3.27. The van der Waals surface area contributed by atoms with E-state index in [2.05, 4.69) is 4.98 Å². The van der Waals surface area contributed by atoms with E-state index < -0.39 is 6.10 Å². The molecule has 3 rings (SSSR count). The van der Waals surface area contributed by atoms with E-state index in [0.717, 1.165) is 17.8 Å². The zero-order valence-electron chi connectivity index (χ0n) is 13.8. The van der Waals surface area contributed by atoms with Gasteiger partial charge >= 0.3 is 0 Å². The number of rotatable bonds is 6. The lowest BCUT2D eigenvalue weighted by Gasteiger charge is -2.25. The molecule has 1 aromatic carbocycles. The van der Waals surface area contributed by atoms with E-state index in [1.807, 2.05) is 13.8 Å². The van der Waals surface area contributed by atoms with E-state index in [1.54, 1.807) is 23.2 Å². The smallest absolute Gasteiger partial charge is 0.265 e. The molecular formula is C18H21FN2O2S.